The molecule has 0 saturated heterocycles. The van der Waals surface area contributed by atoms with Crippen LogP contribution in [0.1, 0.15) is 65.0 Å². The number of hydrogen-bond donors (Lipinski definition) is 2. The van der Waals surface area contributed by atoms with Crippen molar-refractivity contribution in [2.24, 2.45) is 0 Å². The van der Waals surface area contributed by atoms with Gasteiger partial charge in [-0.15, -0.1) is 0 Å². The van der Waals surface area contributed by atoms with Crippen molar-refractivity contribution in [2.45, 2.75) is 83.4 Å². The zero-order valence-electron chi connectivity index (χ0n) is 20.0. The van der Waals surface area contributed by atoms with Gasteiger partial charge in [0.05, 0.1) is 11.1 Å². The summed E-state index contributed by atoms with van der Waals surface area (Å²) in [5.74, 6) is -0.355. The van der Waals surface area contributed by atoms with E-state index in [1.807, 2.05) is 18.2 Å². The average Bonchev–Trinajstić information content (AvgIpc) is 2.79. The number of alkyl halides is 2. The van der Waals surface area contributed by atoms with Gasteiger partial charge in [-0.25, -0.2) is 0 Å². The van der Waals surface area contributed by atoms with Crippen molar-refractivity contribution in [3.8, 4) is 0 Å². The second kappa shape index (κ2) is 10.1. The monoisotopic (exact) mass is 469 g/mol. The molecule has 1 fully saturated rings. The molecule has 1 aromatic carbocycles. The minimum absolute atomic E-state index is 0.0143. The molecule has 182 valence electrons. The molecule has 0 radical (unpaired) electrons. The number of nitrogens with zero attached hydrogens (tertiary/aromatic N) is 1. The Bertz CT molecular complexity index is 1100. The van der Waals surface area contributed by atoms with Crippen molar-refractivity contribution < 1.29 is 18.3 Å². The Morgan fingerprint density at radius 3 is 2.44 bits per heavy atom. The van der Waals surface area contributed by atoms with E-state index in [9.17, 15) is 13.6 Å². The van der Waals surface area contributed by atoms with Crippen LogP contribution in [0.15, 0.2) is 53.8 Å². The lowest BCUT2D eigenvalue weighted by molar-refractivity contribution is -0.120. The fourth-order valence-electron chi connectivity index (χ4n) is 4.61. The molecule has 7 heteroatoms. The number of aromatic nitrogens is 1. The number of pyridine rings is 1. The van der Waals surface area contributed by atoms with Crippen LogP contribution >= 0.6 is 0 Å². The molecular formula is C27H33F2N3O2. The largest absolute Gasteiger partial charge is 0.434 e. The number of carbonyl (C=O) groups excluding carboxylic acids is 1. The molecule has 2 aliphatic carbocycles. The second-order valence-corrected chi connectivity index (χ2v) is 10.1. The molecule has 4 rings (SSSR count). The average molecular weight is 470 g/mol. The maximum absolute atomic E-state index is 12.7. The molecule has 2 N–H and O–H groups in total. The van der Waals surface area contributed by atoms with Crippen LogP contribution in [0.3, 0.4) is 0 Å². The summed E-state index contributed by atoms with van der Waals surface area (Å²) >= 11 is 0. The van der Waals surface area contributed by atoms with Gasteiger partial charge < -0.3 is 15.4 Å². The molecule has 1 heterocycles. The number of allylic oxidation sites excluding steroid dienone is 2. The van der Waals surface area contributed by atoms with E-state index >= 15 is 0 Å². The number of rotatable bonds is 6. The van der Waals surface area contributed by atoms with Gasteiger partial charge >= 0.3 is 6.61 Å². The molecule has 34 heavy (non-hydrogen) atoms. The number of hydrogen-bond acceptors (Lipinski definition) is 4. The molecule has 1 amide bonds. The van der Waals surface area contributed by atoms with Crippen LogP contribution in [0.5, 0.6) is 0 Å². The number of amides is 1. The van der Waals surface area contributed by atoms with Gasteiger partial charge in [0, 0.05) is 34.3 Å². The van der Waals surface area contributed by atoms with E-state index in [1.54, 1.807) is 12.2 Å². The Balaban J connectivity index is 1.38. The van der Waals surface area contributed by atoms with Gasteiger partial charge in [0.25, 0.3) is 5.91 Å². The highest BCUT2D eigenvalue weighted by atomic mass is 19.3. The first kappa shape index (κ1) is 24.2. The molecule has 2 aliphatic rings. The van der Waals surface area contributed by atoms with Crippen molar-refractivity contribution in [2.75, 3.05) is 5.32 Å². The first-order chi connectivity index (χ1) is 16.2. The van der Waals surface area contributed by atoms with Crippen molar-refractivity contribution in [1.82, 2.24) is 10.3 Å². The number of carbonyl (C=O) groups is 1. The molecule has 5 nitrogen and oxygen atoms in total. The SMILES string of the molecule is CC(C)(C)c1cc(NC2CCC(NC(=O)C3=CCCC=C3OC(F)F)CC2)c2ccccc2n1. The Morgan fingerprint density at radius 2 is 1.74 bits per heavy atom. The lowest BCUT2D eigenvalue weighted by Gasteiger charge is -2.31. The van der Waals surface area contributed by atoms with E-state index in [2.05, 4.69) is 48.3 Å². The third-order valence-electron chi connectivity index (χ3n) is 6.48. The highest BCUT2D eigenvalue weighted by molar-refractivity contribution is 5.97. The molecule has 0 atom stereocenters. The Labute approximate surface area is 199 Å². The molecule has 0 bridgehead atoms. The summed E-state index contributed by atoms with van der Waals surface area (Å²) < 4.78 is 29.9. The van der Waals surface area contributed by atoms with Crippen LogP contribution in [-0.2, 0) is 14.9 Å². The molecule has 1 aromatic heterocycles. The quantitative estimate of drug-likeness (QED) is 0.528. The minimum Gasteiger partial charge on any atom is -0.434 e. The van der Waals surface area contributed by atoms with Crippen LogP contribution in [0.4, 0.5) is 14.5 Å². The summed E-state index contributed by atoms with van der Waals surface area (Å²) in [7, 11) is 0. The molecule has 0 unspecified atom stereocenters. The molecule has 0 aliphatic heterocycles. The lowest BCUT2D eigenvalue weighted by atomic mass is 9.89. The van der Waals surface area contributed by atoms with Gasteiger partial charge in [0.15, 0.2) is 0 Å². The van der Waals surface area contributed by atoms with Gasteiger partial charge in [0.1, 0.15) is 5.76 Å². The van der Waals surface area contributed by atoms with Crippen LogP contribution in [0.25, 0.3) is 10.9 Å². The molecule has 1 saturated carbocycles. The van der Waals surface area contributed by atoms with E-state index in [4.69, 9.17) is 4.98 Å². The fraction of sp³-hybridized carbons (Fsp3) is 0.481. The zero-order chi connectivity index (χ0) is 24.3. The van der Waals surface area contributed by atoms with Crippen LogP contribution in [0.2, 0.25) is 0 Å². The smallest absolute Gasteiger partial charge is 0.387 e. The summed E-state index contributed by atoms with van der Waals surface area (Å²) in [5, 5.41) is 7.85. The van der Waals surface area contributed by atoms with E-state index in [1.165, 1.54) is 0 Å². The maximum atomic E-state index is 12.7. The van der Waals surface area contributed by atoms with E-state index in [0.717, 1.165) is 48.0 Å². The first-order valence-electron chi connectivity index (χ1n) is 12.0. The van der Waals surface area contributed by atoms with Crippen molar-refractivity contribution in [3.63, 3.8) is 0 Å². The van der Waals surface area contributed by atoms with Gasteiger partial charge in [-0.1, -0.05) is 45.0 Å². The van der Waals surface area contributed by atoms with E-state index < -0.39 is 6.61 Å². The number of benzene rings is 1. The standard InChI is InChI=1S/C27H33F2N3O2/c1-27(2,3)24-16-22(19-8-4-6-10-21(19)32-24)30-17-12-14-18(15-13-17)31-25(33)20-9-5-7-11-23(20)34-26(28)29/h4,6,8-11,16-18,26H,5,7,12-15H2,1-3H3,(H,30,32)(H,31,33). The Morgan fingerprint density at radius 1 is 1.06 bits per heavy atom. The summed E-state index contributed by atoms with van der Waals surface area (Å²) in [6.45, 7) is 3.55. The van der Waals surface area contributed by atoms with Gasteiger partial charge in [-0.05, 0) is 56.7 Å². The first-order valence-corrected chi connectivity index (χ1v) is 12.0. The van der Waals surface area contributed by atoms with Gasteiger partial charge in [-0.2, -0.15) is 8.78 Å². The maximum Gasteiger partial charge on any atom is 0.387 e. The zero-order valence-corrected chi connectivity index (χ0v) is 20.0. The van der Waals surface area contributed by atoms with E-state index in [-0.39, 0.29) is 28.7 Å². The van der Waals surface area contributed by atoms with Gasteiger partial charge in [-0.3, -0.25) is 9.78 Å². The fourth-order valence-corrected chi connectivity index (χ4v) is 4.61. The highest BCUT2D eigenvalue weighted by Crippen LogP contribution is 2.32. The molecular weight excluding hydrogens is 436 g/mol. The number of halogens is 2. The predicted octanol–water partition coefficient (Wildman–Crippen LogP) is 6.21. The second-order valence-electron chi connectivity index (χ2n) is 10.1. The highest BCUT2D eigenvalue weighted by Gasteiger charge is 2.27. The Kier molecular flexibility index (Phi) is 7.19. The third kappa shape index (κ3) is 5.75. The number of nitrogens with one attached hydrogen (secondary N) is 2. The van der Waals surface area contributed by atoms with Crippen LogP contribution < -0.4 is 10.6 Å². The van der Waals surface area contributed by atoms with Gasteiger partial charge in [0.2, 0.25) is 0 Å². The summed E-state index contributed by atoms with van der Waals surface area (Å²) in [6.07, 6.45) is 7.93. The number of fused-ring (bicyclic) bond motifs is 1. The number of anilines is 1. The lowest BCUT2D eigenvalue weighted by Crippen LogP contribution is -2.41. The summed E-state index contributed by atoms with van der Waals surface area (Å²) in [6, 6.07) is 10.6. The summed E-state index contributed by atoms with van der Waals surface area (Å²) in [5.41, 5.74) is 3.27. The topological polar surface area (TPSA) is 63.2 Å². The van der Waals surface area contributed by atoms with E-state index in [0.29, 0.717) is 18.9 Å². The predicted molar refractivity (Wildman–Crippen MR) is 131 cm³/mol. The van der Waals surface area contributed by atoms with Crippen LogP contribution in [-0.4, -0.2) is 29.6 Å². The summed E-state index contributed by atoms with van der Waals surface area (Å²) in [4.78, 5) is 17.6. The van der Waals surface area contributed by atoms with Crippen molar-refractivity contribution >= 4 is 22.5 Å². The van der Waals surface area contributed by atoms with Crippen LogP contribution in [0, 0.1) is 0 Å². The third-order valence-corrected chi connectivity index (χ3v) is 6.48. The Hall–Kier alpha value is -2.96. The number of ether oxygens (including phenoxy) is 1. The number of para-hydroxylation sites is 1. The normalized spacial score (nSPS) is 21.1. The minimum atomic E-state index is -2.94. The molecule has 2 aromatic rings. The van der Waals surface area contributed by atoms with Crippen molar-refractivity contribution in [1.29, 1.82) is 0 Å². The molecule has 0 spiro atoms. The van der Waals surface area contributed by atoms with Crippen molar-refractivity contribution in [3.05, 3.63) is 59.5 Å².